The van der Waals surface area contributed by atoms with Crippen molar-refractivity contribution >= 4 is 11.7 Å². The molecule has 0 saturated heterocycles. The quantitative estimate of drug-likeness (QED) is 0.742. The van der Waals surface area contributed by atoms with Gasteiger partial charge in [0.15, 0.2) is 0 Å². The summed E-state index contributed by atoms with van der Waals surface area (Å²) in [6, 6.07) is 3.36. The predicted molar refractivity (Wildman–Crippen MR) is 73.4 cm³/mol. The standard InChI is InChI=1S/C13H21N3O3/c1-4-14-13(18)10-5-6-15-12(7-10)16(2)8-11(17)9-19-3/h5-7,11,17H,4,8-9H2,1-3H3,(H,14,18). The molecule has 1 amide bonds. The molecule has 6 heteroatoms. The molecule has 0 spiro atoms. The largest absolute Gasteiger partial charge is 0.389 e. The average Bonchev–Trinajstić information content (AvgIpc) is 2.39. The molecule has 1 unspecified atom stereocenters. The summed E-state index contributed by atoms with van der Waals surface area (Å²) < 4.78 is 4.87. The van der Waals surface area contributed by atoms with E-state index in [-0.39, 0.29) is 12.5 Å². The number of aliphatic hydroxyl groups is 1. The minimum Gasteiger partial charge on any atom is -0.389 e. The van der Waals surface area contributed by atoms with Crippen LogP contribution in [0.2, 0.25) is 0 Å². The van der Waals surface area contributed by atoms with E-state index in [1.807, 2.05) is 14.0 Å². The number of aliphatic hydroxyl groups excluding tert-OH is 1. The van der Waals surface area contributed by atoms with Gasteiger partial charge in [-0.15, -0.1) is 0 Å². The maximum atomic E-state index is 11.7. The topological polar surface area (TPSA) is 74.7 Å². The summed E-state index contributed by atoms with van der Waals surface area (Å²) in [6.45, 7) is 3.10. The van der Waals surface area contributed by atoms with Gasteiger partial charge >= 0.3 is 0 Å². The zero-order valence-electron chi connectivity index (χ0n) is 11.6. The first kappa shape index (κ1) is 15.4. The van der Waals surface area contributed by atoms with Crippen LogP contribution in [0.1, 0.15) is 17.3 Å². The molecule has 1 aromatic rings. The number of aromatic nitrogens is 1. The van der Waals surface area contributed by atoms with E-state index in [9.17, 15) is 9.90 Å². The van der Waals surface area contributed by atoms with Crippen LogP contribution in [0.3, 0.4) is 0 Å². The third-order valence-electron chi connectivity index (χ3n) is 2.58. The second-order valence-electron chi connectivity index (χ2n) is 4.25. The van der Waals surface area contributed by atoms with Crippen LogP contribution in [0.4, 0.5) is 5.82 Å². The van der Waals surface area contributed by atoms with Gasteiger partial charge in [0.05, 0.1) is 12.7 Å². The molecule has 1 rings (SSSR count). The molecule has 106 valence electrons. The molecule has 0 bridgehead atoms. The number of likely N-dealkylation sites (N-methyl/N-ethyl adjacent to an activating group) is 1. The van der Waals surface area contributed by atoms with Gasteiger partial charge in [-0.05, 0) is 19.1 Å². The van der Waals surface area contributed by atoms with Crippen LogP contribution in [0.15, 0.2) is 18.3 Å². The molecule has 1 atom stereocenters. The number of pyridine rings is 1. The SMILES string of the molecule is CCNC(=O)c1ccnc(N(C)CC(O)COC)c1. The number of hydrogen-bond donors (Lipinski definition) is 2. The molecule has 1 aromatic heterocycles. The van der Waals surface area contributed by atoms with Crippen molar-refractivity contribution < 1.29 is 14.6 Å². The Kier molecular flexibility index (Phi) is 6.24. The fourth-order valence-corrected chi connectivity index (χ4v) is 1.69. The fourth-order valence-electron chi connectivity index (χ4n) is 1.69. The lowest BCUT2D eigenvalue weighted by atomic mass is 10.2. The second kappa shape index (κ2) is 7.70. The molecule has 0 fully saturated rings. The maximum Gasteiger partial charge on any atom is 0.251 e. The number of carbonyl (C=O) groups is 1. The zero-order valence-corrected chi connectivity index (χ0v) is 11.6. The Morgan fingerprint density at radius 2 is 2.37 bits per heavy atom. The van der Waals surface area contributed by atoms with Crippen molar-refractivity contribution in [3.63, 3.8) is 0 Å². The van der Waals surface area contributed by atoms with E-state index in [1.54, 1.807) is 23.2 Å². The highest BCUT2D eigenvalue weighted by Gasteiger charge is 2.12. The Morgan fingerprint density at radius 1 is 1.63 bits per heavy atom. The number of amides is 1. The Balaban J connectivity index is 2.72. The van der Waals surface area contributed by atoms with Crippen molar-refractivity contribution in [1.82, 2.24) is 10.3 Å². The van der Waals surface area contributed by atoms with Gasteiger partial charge in [-0.2, -0.15) is 0 Å². The van der Waals surface area contributed by atoms with Crippen molar-refractivity contribution in [2.45, 2.75) is 13.0 Å². The minimum atomic E-state index is -0.593. The fraction of sp³-hybridized carbons (Fsp3) is 0.538. The van der Waals surface area contributed by atoms with Gasteiger partial charge < -0.3 is 20.1 Å². The first-order valence-electron chi connectivity index (χ1n) is 6.20. The molecule has 0 aromatic carbocycles. The van der Waals surface area contributed by atoms with Crippen LogP contribution >= 0.6 is 0 Å². The number of nitrogens with one attached hydrogen (secondary N) is 1. The number of anilines is 1. The lowest BCUT2D eigenvalue weighted by Gasteiger charge is -2.21. The lowest BCUT2D eigenvalue weighted by Crippen LogP contribution is -2.32. The van der Waals surface area contributed by atoms with Gasteiger partial charge in [-0.1, -0.05) is 0 Å². The van der Waals surface area contributed by atoms with Crippen molar-refractivity contribution in [2.75, 3.05) is 38.8 Å². The summed E-state index contributed by atoms with van der Waals surface area (Å²) in [4.78, 5) is 17.7. The van der Waals surface area contributed by atoms with E-state index in [0.29, 0.717) is 24.5 Å². The number of ether oxygens (including phenoxy) is 1. The van der Waals surface area contributed by atoms with Gasteiger partial charge in [-0.25, -0.2) is 4.98 Å². The molecule has 6 nitrogen and oxygen atoms in total. The normalized spacial score (nSPS) is 12.0. The molecule has 2 N–H and O–H groups in total. The highest BCUT2D eigenvalue weighted by atomic mass is 16.5. The van der Waals surface area contributed by atoms with Crippen LogP contribution < -0.4 is 10.2 Å². The van der Waals surface area contributed by atoms with Crippen LogP contribution in [0.25, 0.3) is 0 Å². The van der Waals surface area contributed by atoms with Crippen molar-refractivity contribution in [3.8, 4) is 0 Å². The van der Waals surface area contributed by atoms with E-state index < -0.39 is 6.10 Å². The maximum absolute atomic E-state index is 11.7. The van der Waals surface area contributed by atoms with Crippen molar-refractivity contribution in [2.24, 2.45) is 0 Å². The summed E-state index contributed by atoms with van der Waals surface area (Å²) >= 11 is 0. The Morgan fingerprint density at radius 3 is 3.00 bits per heavy atom. The van der Waals surface area contributed by atoms with Crippen LogP contribution in [-0.4, -0.2) is 56.0 Å². The van der Waals surface area contributed by atoms with Crippen LogP contribution in [0, 0.1) is 0 Å². The van der Waals surface area contributed by atoms with Crippen LogP contribution in [-0.2, 0) is 4.74 Å². The van der Waals surface area contributed by atoms with Crippen LogP contribution in [0.5, 0.6) is 0 Å². The summed E-state index contributed by atoms with van der Waals surface area (Å²) in [6.07, 6.45) is 0.990. The molecule has 0 aliphatic rings. The Hall–Kier alpha value is -1.66. The highest BCUT2D eigenvalue weighted by molar-refractivity contribution is 5.94. The monoisotopic (exact) mass is 267 g/mol. The molecular formula is C13H21N3O3. The molecule has 0 saturated carbocycles. The van der Waals surface area contributed by atoms with Gasteiger partial charge in [0.1, 0.15) is 5.82 Å². The number of hydrogen-bond acceptors (Lipinski definition) is 5. The van der Waals surface area contributed by atoms with Gasteiger partial charge in [-0.3, -0.25) is 4.79 Å². The highest BCUT2D eigenvalue weighted by Crippen LogP contribution is 2.11. The summed E-state index contributed by atoms with van der Waals surface area (Å²) in [7, 11) is 3.35. The first-order chi connectivity index (χ1) is 9.08. The second-order valence-corrected chi connectivity index (χ2v) is 4.25. The van der Waals surface area contributed by atoms with E-state index in [2.05, 4.69) is 10.3 Å². The molecular weight excluding hydrogens is 246 g/mol. The van der Waals surface area contributed by atoms with Crippen molar-refractivity contribution in [3.05, 3.63) is 23.9 Å². The van der Waals surface area contributed by atoms with Crippen molar-refractivity contribution in [1.29, 1.82) is 0 Å². The van der Waals surface area contributed by atoms with E-state index in [4.69, 9.17) is 4.74 Å². The predicted octanol–water partition coefficient (Wildman–Crippen LogP) is 0.275. The Bertz CT molecular complexity index is 412. The third kappa shape index (κ3) is 4.84. The lowest BCUT2D eigenvalue weighted by molar-refractivity contribution is 0.0694. The molecule has 19 heavy (non-hydrogen) atoms. The summed E-state index contributed by atoms with van der Waals surface area (Å²) in [5.74, 6) is 0.510. The number of nitrogens with zero attached hydrogens (tertiary/aromatic N) is 2. The summed E-state index contributed by atoms with van der Waals surface area (Å²) in [5.41, 5.74) is 0.555. The zero-order chi connectivity index (χ0) is 14.3. The van der Waals surface area contributed by atoms with E-state index >= 15 is 0 Å². The van der Waals surface area contributed by atoms with Gasteiger partial charge in [0, 0.05) is 39.0 Å². The number of methoxy groups -OCH3 is 1. The Labute approximate surface area is 113 Å². The molecule has 0 aliphatic carbocycles. The molecule has 0 aliphatic heterocycles. The van der Waals surface area contributed by atoms with Gasteiger partial charge in [0.2, 0.25) is 0 Å². The van der Waals surface area contributed by atoms with E-state index in [0.717, 1.165) is 0 Å². The minimum absolute atomic E-state index is 0.128. The number of carbonyl (C=O) groups excluding carboxylic acids is 1. The molecule has 0 radical (unpaired) electrons. The average molecular weight is 267 g/mol. The third-order valence-corrected chi connectivity index (χ3v) is 2.58. The van der Waals surface area contributed by atoms with E-state index in [1.165, 1.54) is 7.11 Å². The first-order valence-corrected chi connectivity index (χ1v) is 6.20. The molecule has 1 heterocycles. The van der Waals surface area contributed by atoms with Gasteiger partial charge in [0.25, 0.3) is 5.91 Å². The smallest absolute Gasteiger partial charge is 0.251 e. The summed E-state index contributed by atoms with van der Waals surface area (Å²) in [5, 5.41) is 12.4. The number of rotatable bonds is 7.